The van der Waals surface area contributed by atoms with Gasteiger partial charge in [0, 0.05) is 17.0 Å². The Morgan fingerprint density at radius 1 is 1.20 bits per heavy atom. The van der Waals surface area contributed by atoms with E-state index in [4.69, 9.17) is 4.74 Å². The molecule has 0 radical (unpaired) electrons. The smallest absolute Gasteiger partial charge is 0.376 e. The fourth-order valence-electron chi connectivity index (χ4n) is 1.77. The van der Waals surface area contributed by atoms with Crippen molar-refractivity contribution in [3.8, 4) is 0 Å². The fourth-order valence-corrected chi connectivity index (χ4v) is 2.57. The second kappa shape index (κ2) is 11.7. The molecule has 0 amide bonds. The van der Waals surface area contributed by atoms with E-state index in [0.29, 0.717) is 6.61 Å². The molecule has 6 heteroatoms. The first kappa shape index (κ1) is 20.0. The lowest BCUT2D eigenvalue weighted by Crippen LogP contribution is -2.33. The molecule has 0 bridgehead atoms. The number of alkyl halides is 3. The molecule has 0 heterocycles. The summed E-state index contributed by atoms with van der Waals surface area (Å²) < 4.78 is 35.6. The molecule has 20 heavy (non-hydrogen) atoms. The van der Waals surface area contributed by atoms with E-state index in [0.717, 1.165) is 20.0 Å². The minimum atomic E-state index is -3.43. The summed E-state index contributed by atoms with van der Waals surface area (Å²) in [5.41, 5.74) is 0. The topological polar surface area (TPSA) is 35.5 Å². The molecule has 0 rings (SSSR count). The van der Waals surface area contributed by atoms with Gasteiger partial charge >= 0.3 is 11.9 Å². The van der Waals surface area contributed by atoms with Gasteiger partial charge in [-0.05, 0) is 6.42 Å². The van der Waals surface area contributed by atoms with E-state index in [1.807, 2.05) is 22.6 Å². The zero-order valence-corrected chi connectivity index (χ0v) is 14.5. The third-order valence-corrected chi connectivity index (χ3v) is 3.70. The SMILES string of the molecule is CCCCCCCCOCC(I)CC(F)(F)C(=O)OC. The van der Waals surface area contributed by atoms with Crippen LogP contribution in [0.2, 0.25) is 0 Å². The quantitative estimate of drug-likeness (QED) is 0.209. The first-order valence-corrected chi connectivity index (χ1v) is 8.36. The number of ether oxygens (including phenoxy) is 2. The van der Waals surface area contributed by atoms with E-state index in [9.17, 15) is 13.6 Å². The molecule has 1 atom stereocenters. The molecule has 0 N–H and O–H groups in total. The lowest BCUT2D eigenvalue weighted by Gasteiger charge is -2.17. The largest absolute Gasteiger partial charge is 0.465 e. The van der Waals surface area contributed by atoms with Gasteiger partial charge in [0.15, 0.2) is 0 Å². The van der Waals surface area contributed by atoms with Crippen molar-refractivity contribution in [1.29, 1.82) is 0 Å². The van der Waals surface area contributed by atoms with Crippen molar-refractivity contribution in [2.24, 2.45) is 0 Å². The third-order valence-electron chi connectivity index (χ3n) is 2.90. The summed E-state index contributed by atoms with van der Waals surface area (Å²) in [5.74, 6) is -4.90. The van der Waals surface area contributed by atoms with Crippen molar-refractivity contribution >= 4 is 28.6 Å². The van der Waals surface area contributed by atoms with E-state index < -0.39 is 22.2 Å². The number of unbranched alkanes of at least 4 members (excludes halogenated alkanes) is 5. The number of carbonyl (C=O) groups is 1. The summed E-state index contributed by atoms with van der Waals surface area (Å²) in [7, 11) is 0.966. The average Bonchev–Trinajstić information content (AvgIpc) is 2.40. The van der Waals surface area contributed by atoms with Crippen LogP contribution in [0.1, 0.15) is 51.9 Å². The monoisotopic (exact) mass is 406 g/mol. The molecule has 0 fully saturated rings. The molecule has 0 aromatic rings. The van der Waals surface area contributed by atoms with E-state index in [1.54, 1.807) is 0 Å². The minimum Gasteiger partial charge on any atom is -0.465 e. The Morgan fingerprint density at radius 3 is 2.40 bits per heavy atom. The maximum absolute atomic E-state index is 13.3. The van der Waals surface area contributed by atoms with Crippen molar-refractivity contribution in [2.75, 3.05) is 20.3 Å². The van der Waals surface area contributed by atoms with E-state index in [-0.39, 0.29) is 6.61 Å². The van der Waals surface area contributed by atoms with Crippen molar-refractivity contribution in [1.82, 2.24) is 0 Å². The minimum absolute atomic E-state index is 0.238. The van der Waals surface area contributed by atoms with Crippen molar-refractivity contribution in [3.63, 3.8) is 0 Å². The molecule has 3 nitrogen and oxygen atoms in total. The molecule has 0 aromatic carbocycles. The molecule has 1 unspecified atom stereocenters. The highest BCUT2D eigenvalue weighted by atomic mass is 127. The number of methoxy groups -OCH3 is 1. The number of carbonyl (C=O) groups excluding carboxylic acids is 1. The molecule has 0 aliphatic heterocycles. The van der Waals surface area contributed by atoms with Crippen LogP contribution < -0.4 is 0 Å². The average molecular weight is 406 g/mol. The van der Waals surface area contributed by atoms with Gasteiger partial charge in [-0.15, -0.1) is 0 Å². The van der Waals surface area contributed by atoms with Crippen LogP contribution in [-0.2, 0) is 14.3 Å². The standard InChI is InChI=1S/C14H25F2IO3/c1-3-4-5-6-7-8-9-20-11-12(17)10-14(15,16)13(18)19-2/h12H,3-11H2,1-2H3. The Kier molecular flexibility index (Phi) is 11.7. The molecule has 120 valence electrons. The summed E-state index contributed by atoms with van der Waals surface area (Å²) in [4.78, 5) is 10.9. The van der Waals surface area contributed by atoms with Crippen molar-refractivity contribution < 1.29 is 23.0 Å². The highest BCUT2D eigenvalue weighted by Gasteiger charge is 2.41. The number of halogens is 3. The summed E-state index contributed by atoms with van der Waals surface area (Å²) >= 11 is 1.88. The van der Waals surface area contributed by atoms with E-state index in [1.165, 1.54) is 25.7 Å². The predicted molar refractivity (Wildman–Crippen MR) is 83.6 cm³/mol. The molecular weight excluding hydrogens is 381 g/mol. The number of esters is 1. The van der Waals surface area contributed by atoms with Gasteiger partial charge in [-0.1, -0.05) is 61.6 Å². The Hall–Kier alpha value is 0.0200. The summed E-state index contributed by atoms with van der Waals surface area (Å²) in [6, 6.07) is 0. The Morgan fingerprint density at radius 2 is 1.80 bits per heavy atom. The maximum Gasteiger partial charge on any atom is 0.376 e. The van der Waals surface area contributed by atoms with E-state index >= 15 is 0 Å². The van der Waals surface area contributed by atoms with Crippen LogP contribution in [0.15, 0.2) is 0 Å². The first-order valence-electron chi connectivity index (χ1n) is 7.12. The van der Waals surface area contributed by atoms with Gasteiger partial charge in [0.1, 0.15) is 0 Å². The zero-order chi connectivity index (χ0) is 15.4. The Labute approximate surface area is 133 Å². The van der Waals surface area contributed by atoms with Gasteiger partial charge in [-0.2, -0.15) is 8.78 Å². The first-order chi connectivity index (χ1) is 9.44. The zero-order valence-electron chi connectivity index (χ0n) is 12.3. The Balaban J connectivity index is 3.58. The van der Waals surface area contributed by atoms with Crippen LogP contribution in [0, 0.1) is 0 Å². The van der Waals surface area contributed by atoms with E-state index in [2.05, 4.69) is 11.7 Å². The number of hydrogen-bond acceptors (Lipinski definition) is 3. The summed E-state index contributed by atoms with van der Waals surface area (Å²) in [6.07, 6.45) is 6.46. The molecule has 0 saturated carbocycles. The summed E-state index contributed by atoms with van der Waals surface area (Å²) in [6.45, 7) is 3.01. The molecule has 0 aromatic heterocycles. The van der Waals surface area contributed by atoms with Crippen LogP contribution in [0.5, 0.6) is 0 Å². The lowest BCUT2D eigenvalue weighted by molar-refractivity contribution is -0.169. The summed E-state index contributed by atoms with van der Waals surface area (Å²) in [5, 5.41) is 0. The molecule has 0 saturated heterocycles. The number of rotatable bonds is 12. The highest BCUT2D eigenvalue weighted by molar-refractivity contribution is 14.1. The van der Waals surface area contributed by atoms with Crippen LogP contribution >= 0.6 is 22.6 Å². The molecular formula is C14H25F2IO3. The van der Waals surface area contributed by atoms with Crippen LogP contribution in [-0.4, -0.2) is 36.1 Å². The van der Waals surface area contributed by atoms with Crippen molar-refractivity contribution in [2.45, 2.75) is 61.7 Å². The molecule has 0 aliphatic carbocycles. The van der Waals surface area contributed by atoms with Gasteiger partial charge in [0.25, 0.3) is 0 Å². The molecule has 0 spiro atoms. The van der Waals surface area contributed by atoms with Gasteiger partial charge in [0.05, 0.1) is 13.7 Å². The second-order valence-corrected chi connectivity index (χ2v) is 6.60. The van der Waals surface area contributed by atoms with Crippen LogP contribution in [0.4, 0.5) is 8.78 Å². The third kappa shape index (κ3) is 9.85. The fraction of sp³-hybridized carbons (Fsp3) is 0.929. The van der Waals surface area contributed by atoms with Gasteiger partial charge in [0.2, 0.25) is 0 Å². The van der Waals surface area contributed by atoms with Crippen LogP contribution in [0.3, 0.4) is 0 Å². The van der Waals surface area contributed by atoms with Gasteiger partial charge in [-0.3, -0.25) is 0 Å². The van der Waals surface area contributed by atoms with Crippen LogP contribution in [0.25, 0.3) is 0 Å². The Bertz CT molecular complexity index is 263. The maximum atomic E-state index is 13.3. The molecule has 0 aliphatic rings. The number of hydrogen-bond donors (Lipinski definition) is 0. The van der Waals surface area contributed by atoms with Gasteiger partial charge < -0.3 is 9.47 Å². The van der Waals surface area contributed by atoms with Gasteiger partial charge in [-0.25, -0.2) is 4.79 Å². The highest BCUT2D eigenvalue weighted by Crippen LogP contribution is 2.25. The predicted octanol–water partition coefficient (Wildman–Crippen LogP) is 4.37. The second-order valence-electron chi connectivity index (χ2n) is 4.84. The van der Waals surface area contributed by atoms with Crippen molar-refractivity contribution in [3.05, 3.63) is 0 Å². The lowest BCUT2D eigenvalue weighted by atomic mass is 10.1. The normalized spacial score (nSPS) is 13.2.